The Morgan fingerprint density at radius 2 is 0.385 bits per heavy atom. The highest BCUT2D eigenvalue weighted by molar-refractivity contribution is 5.56. The van der Waals surface area contributed by atoms with Crippen LogP contribution in [0.1, 0.15) is 47.9 Å². The SMILES string of the molecule is COc1cc(C[C@@H](CCCOCCOCCOCCO)[C@H](COCCOCCOCCO)Cc2cc(OC)c(OC)c(OC)c2)cc(OC)c1OC.COc1cc(C[C@H](CCCOCCOCCOCCO)[C@@H](COCCOCCOCCO)Cc2cc(OC)c(OC)c(OC)c2)cc(OC)c1OC. The van der Waals surface area contributed by atoms with Gasteiger partial charge in [0.05, 0.1) is 257 Å². The van der Waals surface area contributed by atoms with E-state index in [1.54, 1.807) is 85.3 Å². The molecule has 28 nitrogen and oxygen atoms in total. The second-order valence-electron chi connectivity index (χ2n) is 23.4. The van der Waals surface area contributed by atoms with E-state index in [-0.39, 0.29) is 63.3 Å². The quantitative estimate of drug-likeness (QED) is 0.0317. The molecule has 596 valence electrons. The third-order valence-corrected chi connectivity index (χ3v) is 16.5. The number of aliphatic hydroxyl groups excluding tert-OH is 4. The lowest BCUT2D eigenvalue weighted by molar-refractivity contribution is -0.00431. The van der Waals surface area contributed by atoms with E-state index in [1.807, 2.05) is 48.5 Å². The number of rotatable bonds is 66. The predicted octanol–water partition coefficient (Wildman–Crippen LogP) is 7.24. The van der Waals surface area contributed by atoms with Crippen LogP contribution < -0.4 is 56.8 Å². The van der Waals surface area contributed by atoms with Crippen molar-refractivity contribution in [1.29, 1.82) is 0 Å². The predicted molar refractivity (Wildman–Crippen MR) is 390 cm³/mol. The lowest BCUT2D eigenvalue weighted by Crippen LogP contribution is -2.26. The largest absolute Gasteiger partial charge is 0.493 e. The summed E-state index contributed by atoms with van der Waals surface area (Å²) in [6, 6.07) is 15.9. The second-order valence-corrected chi connectivity index (χ2v) is 23.4. The van der Waals surface area contributed by atoms with Crippen molar-refractivity contribution in [3.8, 4) is 69.0 Å². The minimum Gasteiger partial charge on any atom is -0.493 e. The molecule has 4 rings (SSSR count). The third-order valence-electron chi connectivity index (χ3n) is 16.5. The Balaban J connectivity index is 0.000000540. The first-order valence-electron chi connectivity index (χ1n) is 35.5. The Kier molecular flexibility index (Phi) is 53.0. The normalized spacial score (nSPS) is 12.4. The van der Waals surface area contributed by atoms with Crippen molar-refractivity contribution in [3.63, 3.8) is 0 Å². The molecule has 0 aliphatic heterocycles. The molecule has 28 heteroatoms. The molecule has 0 spiro atoms. The van der Waals surface area contributed by atoms with Gasteiger partial charge in [0.15, 0.2) is 46.0 Å². The molecule has 0 unspecified atom stereocenters. The van der Waals surface area contributed by atoms with E-state index in [9.17, 15) is 0 Å². The summed E-state index contributed by atoms with van der Waals surface area (Å²) in [6.45, 7) is 10.2. The van der Waals surface area contributed by atoms with E-state index in [0.29, 0.717) is 240 Å². The summed E-state index contributed by atoms with van der Waals surface area (Å²) in [6.07, 6.45) is 6.11. The molecule has 0 aromatic heterocycles. The van der Waals surface area contributed by atoms with Crippen molar-refractivity contribution in [1.82, 2.24) is 0 Å². The van der Waals surface area contributed by atoms with Gasteiger partial charge < -0.3 is 134 Å². The van der Waals surface area contributed by atoms with Crippen molar-refractivity contribution in [2.45, 2.75) is 51.4 Å². The maximum absolute atomic E-state index is 8.89. The molecule has 0 saturated carbocycles. The van der Waals surface area contributed by atoms with E-state index in [2.05, 4.69) is 0 Å². The van der Waals surface area contributed by atoms with Crippen LogP contribution >= 0.6 is 0 Å². The fourth-order valence-corrected chi connectivity index (χ4v) is 11.5. The van der Waals surface area contributed by atoms with Crippen LogP contribution in [0.5, 0.6) is 69.0 Å². The van der Waals surface area contributed by atoms with E-state index in [0.717, 1.165) is 47.9 Å². The molecule has 0 aliphatic rings. The van der Waals surface area contributed by atoms with Gasteiger partial charge in [-0.3, -0.25) is 0 Å². The van der Waals surface area contributed by atoms with E-state index < -0.39 is 0 Å². The summed E-state index contributed by atoms with van der Waals surface area (Å²) < 4.78 is 136. The van der Waals surface area contributed by atoms with Crippen LogP contribution in [0.15, 0.2) is 48.5 Å². The van der Waals surface area contributed by atoms with Gasteiger partial charge >= 0.3 is 0 Å². The Morgan fingerprint density at radius 3 is 0.567 bits per heavy atom. The van der Waals surface area contributed by atoms with Crippen molar-refractivity contribution < 1.29 is 134 Å². The van der Waals surface area contributed by atoms with Crippen LogP contribution in [0.3, 0.4) is 0 Å². The van der Waals surface area contributed by atoms with E-state index >= 15 is 0 Å². The van der Waals surface area contributed by atoms with Crippen molar-refractivity contribution in [3.05, 3.63) is 70.8 Å². The number of methoxy groups -OCH3 is 12. The number of aliphatic hydroxyl groups is 4. The fourth-order valence-electron chi connectivity index (χ4n) is 11.5. The molecule has 0 fully saturated rings. The molecule has 0 saturated heterocycles. The van der Waals surface area contributed by atoms with Gasteiger partial charge in [0.2, 0.25) is 23.0 Å². The van der Waals surface area contributed by atoms with Crippen LogP contribution in [0.2, 0.25) is 0 Å². The molecular weight excluding hydrogens is 1360 g/mol. The minimum atomic E-state index is -0.0170. The first-order chi connectivity index (χ1) is 51.0. The number of hydrogen-bond donors (Lipinski definition) is 4. The average Bonchev–Trinajstić information content (AvgIpc) is 0.826. The van der Waals surface area contributed by atoms with Crippen molar-refractivity contribution in [2.75, 3.05) is 270 Å². The number of ether oxygens (including phenoxy) is 24. The van der Waals surface area contributed by atoms with Gasteiger partial charge in [-0.2, -0.15) is 0 Å². The van der Waals surface area contributed by atoms with Crippen molar-refractivity contribution >= 4 is 0 Å². The van der Waals surface area contributed by atoms with Gasteiger partial charge in [0, 0.05) is 13.2 Å². The highest BCUT2D eigenvalue weighted by atomic mass is 16.6. The van der Waals surface area contributed by atoms with Crippen LogP contribution in [0.25, 0.3) is 0 Å². The summed E-state index contributed by atoms with van der Waals surface area (Å²) in [5.41, 5.74) is 4.12. The van der Waals surface area contributed by atoms with Crippen LogP contribution in [0.4, 0.5) is 0 Å². The van der Waals surface area contributed by atoms with Crippen LogP contribution in [-0.2, 0) is 82.5 Å². The summed E-state index contributed by atoms with van der Waals surface area (Å²) in [5, 5.41) is 35.4. The summed E-state index contributed by atoms with van der Waals surface area (Å²) in [5.74, 6) is 7.33. The lowest BCUT2D eigenvalue weighted by Gasteiger charge is -2.29. The fraction of sp³-hybridized carbons (Fsp3) is 0.684. The highest BCUT2D eigenvalue weighted by Crippen LogP contribution is 2.44. The molecule has 0 aliphatic carbocycles. The molecule has 104 heavy (non-hydrogen) atoms. The standard InChI is InChI=1S/2C38H62O14/c2*1-41-33-24-29(25-34(42-2)37(33)45-5)22-31(8-7-11-47-14-17-50-18-15-48-12-9-39)32(28-52-21-20-51-19-16-49-13-10-40)23-30-26-35(43-3)38(46-6)36(27-30)44-4/h2*24-27,31-32,39-40H,7-23,28H2,1-6H3/t2*31-,32+/m10/s1. The minimum absolute atomic E-state index is 0.00385. The molecule has 0 radical (unpaired) electrons. The molecule has 4 aromatic carbocycles. The molecule has 4 N–H and O–H groups in total. The van der Waals surface area contributed by atoms with Gasteiger partial charge in [-0.25, -0.2) is 0 Å². The Labute approximate surface area is 616 Å². The van der Waals surface area contributed by atoms with Gasteiger partial charge in [0.1, 0.15) is 0 Å². The van der Waals surface area contributed by atoms with Gasteiger partial charge in [0.25, 0.3) is 0 Å². The lowest BCUT2D eigenvalue weighted by atomic mass is 9.80. The Morgan fingerprint density at radius 1 is 0.212 bits per heavy atom. The summed E-state index contributed by atoms with van der Waals surface area (Å²) in [7, 11) is 19.3. The zero-order valence-electron chi connectivity index (χ0n) is 64.0. The Bertz CT molecular complexity index is 2480. The number of benzene rings is 4. The maximum atomic E-state index is 8.89. The highest BCUT2D eigenvalue weighted by Gasteiger charge is 2.29. The molecule has 4 atom stereocenters. The zero-order chi connectivity index (χ0) is 75.6. The second kappa shape index (κ2) is 59.9. The molecule has 0 bridgehead atoms. The van der Waals surface area contributed by atoms with Gasteiger partial charge in [-0.05, 0) is 146 Å². The van der Waals surface area contributed by atoms with Gasteiger partial charge in [-0.1, -0.05) is 0 Å². The van der Waals surface area contributed by atoms with Crippen LogP contribution in [-0.4, -0.2) is 291 Å². The topological polar surface area (TPSA) is 302 Å². The van der Waals surface area contributed by atoms with Crippen LogP contribution in [0, 0.1) is 23.7 Å². The third kappa shape index (κ3) is 36.4. The van der Waals surface area contributed by atoms with Gasteiger partial charge in [-0.15, -0.1) is 0 Å². The maximum Gasteiger partial charge on any atom is 0.203 e. The summed E-state index contributed by atoms with van der Waals surface area (Å²) in [4.78, 5) is 0. The zero-order valence-corrected chi connectivity index (χ0v) is 64.0. The molecule has 0 amide bonds. The molecule has 4 aromatic rings. The smallest absolute Gasteiger partial charge is 0.203 e. The first-order valence-corrected chi connectivity index (χ1v) is 35.5. The monoisotopic (exact) mass is 1480 g/mol. The molecule has 0 heterocycles. The number of hydrogen-bond acceptors (Lipinski definition) is 28. The first kappa shape index (κ1) is 92.0. The molecular formula is C76H124O28. The Hall–Kier alpha value is -6.16. The van der Waals surface area contributed by atoms with E-state index in [4.69, 9.17) is 134 Å². The summed E-state index contributed by atoms with van der Waals surface area (Å²) >= 11 is 0. The van der Waals surface area contributed by atoms with Crippen molar-refractivity contribution in [2.24, 2.45) is 23.7 Å². The average molecular weight is 1490 g/mol. The van der Waals surface area contributed by atoms with E-state index in [1.165, 1.54) is 0 Å².